The quantitative estimate of drug-likeness (QED) is 0.803. The maximum absolute atomic E-state index is 12.1. The zero-order valence-electron chi connectivity index (χ0n) is 10.3. The van der Waals surface area contributed by atoms with E-state index in [4.69, 9.17) is 4.74 Å². The van der Waals surface area contributed by atoms with Crippen LogP contribution < -0.4 is 5.32 Å². The van der Waals surface area contributed by atoms with Crippen LogP contribution >= 0.6 is 0 Å². The van der Waals surface area contributed by atoms with Crippen molar-refractivity contribution in [3.63, 3.8) is 0 Å². The molecule has 6 nitrogen and oxygen atoms in total. The SMILES string of the molecule is O=C(NCC1CCCO1)C1CCc2n[nH]nc2C1. The molecule has 0 saturated carbocycles. The molecular weight excluding hydrogens is 232 g/mol. The molecule has 2 unspecified atom stereocenters. The first-order valence-electron chi connectivity index (χ1n) is 6.61. The molecule has 2 N–H and O–H groups in total. The van der Waals surface area contributed by atoms with Gasteiger partial charge < -0.3 is 10.1 Å². The standard InChI is InChI=1S/C12H18N4O2/c17-12(13-7-9-2-1-5-18-9)8-3-4-10-11(6-8)15-16-14-10/h8-9H,1-7H2,(H,13,17)(H,14,15,16). The second-order valence-corrected chi connectivity index (χ2v) is 5.04. The number of H-pyrrole nitrogens is 1. The Kier molecular flexibility index (Phi) is 3.27. The number of carbonyl (C=O) groups is 1. The summed E-state index contributed by atoms with van der Waals surface area (Å²) in [6.07, 6.45) is 4.76. The summed E-state index contributed by atoms with van der Waals surface area (Å²) in [5.74, 6) is 0.156. The monoisotopic (exact) mass is 250 g/mol. The van der Waals surface area contributed by atoms with E-state index in [-0.39, 0.29) is 17.9 Å². The van der Waals surface area contributed by atoms with Crippen molar-refractivity contribution in [3.05, 3.63) is 11.4 Å². The van der Waals surface area contributed by atoms with E-state index in [2.05, 4.69) is 20.7 Å². The molecule has 2 atom stereocenters. The third-order valence-corrected chi connectivity index (χ3v) is 3.77. The topological polar surface area (TPSA) is 79.9 Å². The summed E-state index contributed by atoms with van der Waals surface area (Å²) < 4.78 is 5.49. The molecule has 18 heavy (non-hydrogen) atoms. The van der Waals surface area contributed by atoms with Crippen molar-refractivity contribution in [2.45, 2.75) is 38.2 Å². The number of rotatable bonds is 3. The average Bonchev–Trinajstić information content (AvgIpc) is 3.05. The molecule has 2 heterocycles. The van der Waals surface area contributed by atoms with Crippen LogP contribution in [0.1, 0.15) is 30.7 Å². The van der Waals surface area contributed by atoms with Gasteiger partial charge in [0, 0.05) is 25.5 Å². The number of fused-ring (bicyclic) bond motifs is 1. The third-order valence-electron chi connectivity index (χ3n) is 3.77. The largest absolute Gasteiger partial charge is 0.376 e. The van der Waals surface area contributed by atoms with Gasteiger partial charge in [-0.15, -0.1) is 0 Å². The van der Waals surface area contributed by atoms with E-state index in [0.717, 1.165) is 43.7 Å². The predicted molar refractivity (Wildman–Crippen MR) is 63.9 cm³/mol. The predicted octanol–water partition coefficient (Wildman–Crippen LogP) is 0.205. The van der Waals surface area contributed by atoms with Crippen LogP contribution in [0.5, 0.6) is 0 Å². The van der Waals surface area contributed by atoms with Crippen molar-refractivity contribution in [1.82, 2.24) is 20.7 Å². The Morgan fingerprint density at radius 3 is 3.11 bits per heavy atom. The normalized spacial score (nSPS) is 26.9. The van der Waals surface area contributed by atoms with Gasteiger partial charge >= 0.3 is 0 Å². The van der Waals surface area contributed by atoms with Crippen LogP contribution in [-0.2, 0) is 22.4 Å². The minimum atomic E-state index is 0.0315. The fourth-order valence-corrected chi connectivity index (χ4v) is 2.67. The van der Waals surface area contributed by atoms with Crippen LogP contribution in [0.25, 0.3) is 0 Å². The minimum Gasteiger partial charge on any atom is -0.376 e. The molecule has 1 aliphatic carbocycles. The molecule has 0 spiro atoms. The number of nitrogens with zero attached hydrogens (tertiary/aromatic N) is 2. The third kappa shape index (κ3) is 2.38. The van der Waals surface area contributed by atoms with Gasteiger partial charge in [0.05, 0.1) is 17.5 Å². The Morgan fingerprint density at radius 1 is 1.39 bits per heavy atom. The van der Waals surface area contributed by atoms with Gasteiger partial charge in [-0.2, -0.15) is 15.4 Å². The summed E-state index contributed by atoms with van der Waals surface area (Å²) in [6.45, 7) is 1.47. The number of ether oxygens (including phenoxy) is 1. The second-order valence-electron chi connectivity index (χ2n) is 5.04. The Balaban J connectivity index is 1.51. The van der Waals surface area contributed by atoms with Crippen molar-refractivity contribution >= 4 is 5.91 Å². The maximum Gasteiger partial charge on any atom is 0.223 e. The summed E-state index contributed by atoms with van der Waals surface area (Å²) in [6, 6.07) is 0. The lowest BCUT2D eigenvalue weighted by Crippen LogP contribution is -2.38. The van der Waals surface area contributed by atoms with Crippen LogP contribution in [0.3, 0.4) is 0 Å². The molecular formula is C12H18N4O2. The lowest BCUT2D eigenvalue weighted by atomic mass is 9.89. The lowest BCUT2D eigenvalue weighted by molar-refractivity contribution is -0.125. The number of carbonyl (C=O) groups excluding carboxylic acids is 1. The smallest absolute Gasteiger partial charge is 0.223 e. The van der Waals surface area contributed by atoms with Crippen molar-refractivity contribution in [2.75, 3.05) is 13.2 Å². The molecule has 1 aromatic rings. The fourth-order valence-electron chi connectivity index (χ4n) is 2.67. The molecule has 0 radical (unpaired) electrons. The number of aromatic nitrogens is 3. The van der Waals surface area contributed by atoms with Crippen LogP contribution in [0, 0.1) is 5.92 Å². The van der Waals surface area contributed by atoms with Crippen LogP contribution in [0.4, 0.5) is 0 Å². The maximum atomic E-state index is 12.1. The molecule has 1 aromatic heterocycles. The van der Waals surface area contributed by atoms with Crippen LogP contribution in [-0.4, -0.2) is 40.6 Å². The Labute approximate surface area is 105 Å². The van der Waals surface area contributed by atoms with E-state index in [0.29, 0.717) is 13.0 Å². The van der Waals surface area contributed by atoms with Gasteiger partial charge in [-0.05, 0) is 25.7 Å². The molecule has 6 heteroatoms. The van der Waals surface area contributed by atoms with Gasteiger partial charge in [-0.1, -0.05) is 0 Å². The molecule has 1 fully saturated rings. The van der Waals surface area contributed by atoms with Crippen LogP contribution in [0.2, 0.25) is 0 Å². The molecule has 3 rings (SSSR count). The molecule has 0 aromatic carbocycles. The van der Waals surface area contributed by atoms with Crippen molar-refractivity contribution < 1.29 is 9.53 Å². The van der Waals surface area contributed by atoms with Gasteiger partial charge in [-0.3, -0.25) is 4.79 Å². The highest BCUT2D eigenvalue weighted by atomic mass is 16.5. The zero-order chi connectivity index (χ0) is 12.4. The molecule has 2 aliphatic rings. The molecule has 1 saturated heterocycles. The fraction of sp³-hybridized carbons (Fsp3) is 0.750. The molecule has 0 bridgehead atoms. The number of nitrogens with one attached hydrogen (secondary N) is 2. The highest BCUT2D eigenvalue weighted by Gasteiger charge is 2.27. The van der Waals surface area contributed by atoms with Crippen molar-refractivity contribution in [2.24, 2.45) is 5.92 Å². The summed E-state index contributed by atoms with van der Waals surface area (Å²) in [7, 11) is 0. The van der Waals surface area contributed by atoms with E-state index in [9.17, 15) is 4.79 Å². The van der Waals surface area contributed by atoms with Gasteiger partial charge in [0.25, 0.3) is 0 Å². The number of amides is 1. The number of aryl methyl sites for hydroxylation is 1. The molecule has 98 valence electrons. The summed E-state index contributed by atoms with van der Waals surface area (Å²) in [4.78, 5) is 12.1. The van der Waals surface area contributed by atoms with Gasteiger partial charge in [-0.25, -0.2) is 0 Å². The Hall–Kier alpha value is -1.43. The minimum absolute atomic E-state index is 0.0315. The number of hydrogen-bond acceptors (Lipinski definition) is 4. The first-order chi connectivity index (χ1) is 8.83. The zero-order valence-corrected chi connectivity index (χ0v) is 10.3. The lowest BCUT2D eigenvalue weighted by Gasteiger charge is -2.20. The van der Waals surface area contributed by atoms with Crippen molar-refractivity contribution in [3.8, 4) is 0 Å². The van der Waals surface area contributed by atoms with Gasteiger partial charge in [0.1, 0.15) is 0 Å². The Morgan fingerprint density at radius 2 is 2.28 bits per heavy atom. The Bertz CT molecular complexity index is 425. The first kappa shape index (κ1) is 11.6. The average molecular weight is 250 g/mol. The van der Waals surface area contributed by atoms with Gasteiger partial charge in [0.2, 0.25) is 5.91 Å². The van der Waals surface area contributed by atoms with Gasteiger partial charge in [0.15, 0.2) is 0 Å². The van der Waals surface area contributed by atoms with E-state index < -0.39 is 0 Å². The van der Waals surface area contributed by atoms with E-state index >= 15 is 0 Å². The van der Waals surface area contributed by atoms with Crippen molar-refractivity contribution in [1.29, 1.82) is 0 Å². The highest BCUT2D eigenvalue weighted by molar-refractivity contribution is 5.79. The second kappa shape index (κ2) is 5.06. The number of hydrogen-bond donors (Lipinski definition) is 2. The molecule has 1 aliphatic heterocycles. The summed E-state index contributed by atoms with van der Waals surface area (Å²) >= 11 is 0. The number of aromatic amines is 1. The van der Waals surface area contributed by atoms with E-state index in [1.807, 2.05) is 0 Å². The van der Waals surface area contributed by atoms with E-state index in [1.165, 1.54) is 0 Å². The highest BCUT2D eigenvalue weighted by Crippen LogP contribution is 2.22. The van der Waals surface area contributed by atoms with E-state index in [1.54, 1.807) is 0 Å². The summed E-state index contributed by atoms with van der Waals surface area (Å²) in [5, 5.41) is 13.8. The van der Waals surface area contributed by atoms with Crippen LogP contribution in [0.15, 0.2) is 0 Å². The first-order valence-corrected chi connectivity index (χ1v) is 6.61. The summed E-state index contributed by atoms with van der Waals surface area (Å²) in [5.41, 5.74) is 1.96. The molecule has 1 amide bonds.